The van der Waals surface area contributed by atoms with Gasteiger partial charge in [-0.2, -0.15) is 0 Å². The van der Waals surface area contributed by atoms with E-state index in [2.05, 4.69) is 4.90 Å². The minimum Gasteiger partial charge on any atom is -0.507 e. The number of halogens is 1. The Labute approximate surface area is 198 Å². The average Bonchev–Trinajstić information content (AvgIpc) is 3.08. The number of amides is 1. The molecule has 0 radical (unpaired) electrons. The van der Waals surface area contributed by atoms with Crippen LogP contribution in [0.4, 0.5) is 4.39 Å². The predicted octanol–water partition coefficient (Wildman–Crippen LogP) is 3.29. The zero-order valence-electron chi connectivity index (χ0n) is 19.4. The zero-order valence-corrected chi connectivity index (χ0v) is 19.4. The fourth-order valence-corrected chi connectivity index (χ4v) is 4.48. The molecule has 0 bridgehead atoms. The van der Waals surface area contributed by atoms with Crippen LogP contribution in [0.1, 0.15) is 29.7 Å². The van der Waals surface area contributed by atoms with Crippen molar-refractivity contribution in [3.8, 4) is 5.75 Å². The first-order valence-corrected chi connectivity index (χ1v) is 11.5. The number of carbonyl (C=O) groups is 2. The summed E-state index contributed by atoms with van der Waals surface area (Å²) < 4.78 is 24.5. The van der Waals surface area contributed by atoms with Crippen molar-refractivity contribution in [1.29, 1.82) is 0 Å². The van der Waals surface area contributed by atoms with Gasteiger partial charge >= 0.3 is 0 Å². The molecule has 2 heterocycles. The molecule has 2 aromatic rings. The highest BCUT2D eigenvalue weighted by Crippen LogP contribution is 2.40. The van der Waals surface area contributed by atoms with Gasteiger partial charge in [0.15, 0.2) is 0 Å². The van der Waals surface area contributed by atoms with E-state index in [0.29, 0.717) is 55.4 Å². The molecule has 1 unspecified atom stereocenters. The lowest BCUT2D eigenvalue weighted by Gasteiger charge is -2.31. The van der Waals surface area contributed by atoms with Crippen molar-refractivity contribution in [1.82, 2.24) is 9.80 Å². The van der Waals surface area contributed by atoms with Crippen molar-refractivity contribution in [2.24, 2.45) is 0 Å². The van der Waals surface area contributed by atoms with Gasteiger partial charge in [0, 0.05) is 31.7 Å². The van der Waals surface area contributed by atoms with E-state index in [4.69, 9.17) is 9.47 Å². The van der Waals surface area contributed by atoms with Gasteiger partial charge in [-0.1, -0.05) is 12.1 Å². The smallest absolute Gasteiger partial charge is 0.295 e. The van der Waals surface area contributed by atoms with Crippen LogP contribution in [0.25, 0.3) is 5.76 Å². The summed E-state index contributed by atoms with van der Waals surface area (Å²) in [4.78, 5) is 29.9. The van der Waals surface area contributed by atoms with Gasteiger partial charge in [-0.25, -0.2) is 4.39 Å². The molecule has 4 rings (SSSR count). The van der Waals surface area contributed by atoms with Crippen LogP contribution in [-0.4, -0.2) is 72.6 Å². The van der Waals surface area contributed by atoms with Crippen LogP contribution in [0.15, 0.2) is 48.0 Å². The highest BCUT2D eigenvalue weighted by molar-refractivity contribution is 6.46. The molecule has 2 fully saturated rings. The van der Waals surface area contributed by atoms with Crippen molar-refractivity contribution in [3.05, 3.63) is 70.5 Å². The maximum absolute atomic E-state index is 13.7. The van der Waals surface area contributed by atoms with E-state index < -0.39 is 23.5 Å². The van der Waals surface area contributed by atoms with Gasteiger partial charge in [0.1, 0.15) is 17.3 Å². The topological polar surface area (TPSA) is 79.3 Å². The molecule has 2 aromatic carbocycles. The van der Waals surface area contributed by atoms with E-state index >= 15 is 0 Å². The fourth-order valence-electron chi connectivity index (χ4n) is 4.48. The van der Waals surface area contributed by atoms with E-state index in [0.717, 1.165) is 13.1 Å². The summed E-state index contributed by atoms with van der Waals surface area (Å²) in [6.45, 7) is 7.79. The summed E-state index contributed by atoms with van der Waals surface area (Å²) in [6.07, 6.45) is 0. The normalized spacial score (nSPS) is 20.7. The monoisotopic (exact) mass is 468 g/mol. The molecule has 34 heavy (non-hydrogen) atoms. The first-order valence-electron chi connectivity index (χ1n) is 11.5. The SMILES string of the molecule is CCOc1ccc(/C(O)=C2\C(=O)C(=O)N(CCN3CCOCC3)C2c2ccc(F)cc2)c(C)c1. The molecule has 0 aliphatic carbocycles. The van der Waals surface area contributed by atoms with Crippen LogP contribution in [-0.2, 0) is 14.3 Å². The molecule has 1 amide bonds. The molecule has 180 valence electrons. The molecule has 7 nitrogen and oxygen atoms in total. The first-order chi connectivity index (χ1) is 16.4. The molecule has 0 saturated carbocycles. The molecule has 0 spiro atoms. The van der Waals surface area contributed by atoms with Crippen LogP contribution >= 0.6 is 0 Å². The molecule has 1 N–H and O–H groups in total. The highest BCUT2D eigenvalue weighted by atomic mass is 19.1. The van der Waals surface area contributed by atoms with E-state index in [-0.39, 0.29) is 11.3 Å². The third kappa shape index (κ3) is 4.83. The predicted molar refractivity (Wildman–Crippen MR) is 125 cm³/mol. The van der Waals surface area contributed by atoms with Crippen molar-refractivity contribution in [2.75, 3.05) is 46.0 Å². The van der Waals surface area contributed by atoms with E-state index in [1.807, 2.05) is 6.92 Å². The molecular formula is C26H29FN2O5. The molecule has 1 atom stereocenters. The van der Waals surface area contributed by atoms with Crippen LogP contribution in [0.3, 0.4) is 0 Å². The molecule has 2 saturated heterocycles. The number of Topliss-reactive ketones (excluding diaryl/α,β-unsaturated/α-hetero) is 1. The van der Waals surface area contributed by atoms with Gasteiger partial charge in [-0.05, 0) is 55.3 Å². The zero-order chi connectivity index (χ0) is 24.2. The lowest BCUT2D eigenvalue weighted by molar-refractivity contribution is -0.140. The Bertz CT molecular complexity index is 1090. The summed E-state index contributed by atoms with van der Waals surface area (Å²) in [5, 5.41) is 11.3. The van der Waals surface area contributed by atoms with Crippen LogP contribution in [0.5, 0.6) is 5.75 Å². The van der Waals surface area contributed by atoms with Gasteiger partial charge in [0.25, 0.3) is 11.7 Å². The van der Waals surface area contributed by atoms with Crippen LogP contribution in [0.2, 0.25) is 0 Å². The Balaban J connectivity index is 1.74. The van der Waals surface area contributed by atoms with Gasteiger partial charge < -0.3 is 19.5 Å². The lowest BCUT2D eigenvalue weighted by Crippen LogP contribution is -2.42. The van der Waals surface area contributed by atoms with Crippen molar-refractivity contribution in [2.45, 2.75) is 19.9 Å². The number of nitrogens with zero attached hydrogens (tertiary/aromatic N) is 2. The first kappa shape index (κ1) is 23.9. The quantitative estimate of drug-likeness (QED) is 0.382. The number of benzene rings is 2. The minimum atomic E-state index is -0.812. The van der Waals surface area contributed by atoms with E-state index in [1.165, 1.54) is 17.0 Å². The number of carbonyl (C=O) groups excluding carboxylic acids is 2. The Morgan fingerprint density at radius 1 is 1.12 bits per heavy atom. The molecule has 0 aromatic heterocycles. The fraction of sp³-hybridized carbons (Fsp3) is 0.385. The van der Waals surface area contributed by atoms with Crippen molar-refractivity contribution >= 4 is 17.4 Å². The Hall–Kier alpha value is -3.23. The van der Waals surface area contributed by atoms with Gasteiger partial charge in [0.2, 0.25) is 0 Å². The molecule has 8 heteroatoms. The lowest BCUT2D eigenvalue weighted by atomic mass is 9.94. The van der Waals surface area contributed by atoms with Gasteiger partial charge in [0.05, 0.1) is 31.4 Å². The maximum atomic E-state index is 13.7. The Morgan fingerprint density at radius 2 is 1.82 bits per heavy atom. The number of ketones is 1. The van der Waals surface area contributed by atoms with Crippen molar-refractivity contribution < 1.29 is 28.6 Å². The number of hydrogen-bond donors (Lipinski definition) is 1. The average molecular weight is 469 g/mol. The third-order valence-electron chi connectivity index (χ3n) is 6.25. The maximum Gasteiger partial charge on any atom is 0.295 e. The number of morpholine rings is 1. The summed E-state index contributed by atoms with van der Waals surface area (Å²) in [5.74, 6) is -1.44. The second kappa shape index (κ2) is 10.4. The standard InChI is InChI=1S/C26H29FN2O5/c1-3-34-20-8-9-21(17(2)16-20)24(30)22-23(18-4-6-19(27)7-5-18)29(26(32)25(22)31)11-10-28-12-14-33-15-13-28/h4-9,16,23,30H,3,10-15H2,1-2H3/b24-22+. The number of hydrogen-bond acceptors (Lipinski definition) is 6. The Morgan fingerprint density at radius 3 is 2.47 bits per heavy atom. The summed E-state index contributed by atoms with van der Waals surface area (Å²) in [6, 6.07) is 10.0. The molecule has 2 aliphatic rings. The number of aliphatic hydroxyl groups is 1. The third-order valence-corrected chi connectivity index (χ3v) is 6.25. The van der Waals surface area contributed by atoms with E-state index in [9.17, 15) is 19.1 Å². The second-order valence-corrected chi connectivity index (χ2v) is 8.41. The number of ether oxygens (including phenoxy) is 2. The van der Waals surface area contributed by atoms with Crippen LogP contribution in [0, 0.1) is 12.7 Å². The Kier molecular flexibility index (Phi) is 7.29. The summed E-state index contributed by atoms with van der Waals surface area (Å²) in [5.41, 5.74) is 1.72. The van der Waals surface area contributed by atoms with Gasteiger partial charge in [-0.3, -0.25) is 14.5 Å². The van der Waals surface area contributed by atoms with Gasteiger partial charge in [-0.15, -0.1) is 0 Å². The summed E-state index contributed by atoms with van der Waals surface area (Å²) in [7, 11) is 0. The number of rotatable bonds is 7. The second-order valence-electron chi connectivity index (χ2n) is 8.41. The molecule has 2 aliphatic heterocycles. The minimum absolute atomic E-state index is 0.00541. The van der Waals surface area contributed by atoms with Crippen LogP contribution < -0.4 is 4.74 Å². The number of aliphatic hydroxyl groups excluding tert-OH is 1. The largest absolute Gasteiger partial charge is 0.507 e. The number of aryl methyl sites for hydroxylation is 1. The summed E-state index contributed by atoms with van der Waals surface area (Å²) >= 11 is 0. The highest BCUT2D eigenvalue weighted by Gasteiger charge is 2.46. The van der Waals surface area contributed by atoms with E-state index in [1.54, 1.807) is 37.3 Å². The number of likely N-dealkylation sites (tertiary alicyclic amines) is 1. The van der Waals surface area contributed by atoms with Crippen molar-refractivity contribution in [3.63, 3.8) is 0 Å². The molecular weight excluding hydrogens is 439 g/mol.